The number of H-pyrrole nitrogens is 2. The van der Waals surface area contributed by atoms with Gasteiger partial charge in [0, 0.05) is 60.6 Å². The molecule has 0 bridgehead atoms. The van der Waals surface area contributed by atoms with Gasteiger partial charge in [-0.25, -0.2) is 35.2 Å². The molecule has 12 rings (SSSR count). The van der Waals surface area contributed by atoms with Crippen LogP contribution in [0.5, 0.6) is 17.2 Å². The minimum Gasteiger partial charge on any atom is -0.494 e. The van der Waals surface area contributed by atoms with E-state index in [1.807, 2.05) is 114 Å². The molecule has 3 aromatic carbocycles. The second kappa shape index (κ2) is 29.4. The number of hydrogen-bond acceptors (Lipinski definition) is 15. The van der Waals surface area contributed by atoms with Gasteiger partial charge in [-0.15, -0.1) is 11.6 Å². The summed E-state index contributed by atoms with van der Waals surface area (Å²) >= 11 is 5.74. The molecule has 0 radical (unpaired) electrons. The summed E-state index contributed by atoms with van der Waals surface area (Å²) in [4.78, 5) is 9.45. The zero-order valence-electron chi connectivity index (χ0n) is 44.6. The Morgan fingerprint density at radius 2 is 0.988 bits per heavy atom. The van der Waals surface area contributed by atoms with Gasteiger partial charge in [0.15, 0.2) is 19.7 Å². The van der Waals surface area contributed by atoms with Crippen LogP contribution in [0.25, 0.3) is 11.3 Å². The molecule has 20 nitrogen and oxygen atoms in total. The van der Waals surface area contributed by atoms with Crippen LogP contribution in [0.15, 0.2) is 192 Å². The zero-order chi connectivity index (χ0) is 57.8. The van der Waals surface area contributed by atoms with Gasteiger partial charge in [0.2, 0.25) is 0 Å². The minimum absolute atomic E-state index is 0.0100. The number of pyridine rings is 2. The summed E-state index contributed by atoms with van der Waals surface area (Å²) in [5, 5.41) is 16.1. The first-order valence-electron chi connectivity index (χ1n) is 26.3. The molecule has 0 unspecified atom stereocenters. The summed E-state index contributed by atoms with van der Waals surface area (Å²) in [6, 6.07) is 36.8. The van der Waals surface area contributed by atoms with Crippen LogP contribution in [0.3, 0.4) is 0 Å². The average molecular weight is 1210 g/mol. The van der Waals surface area contributed by atoms with E-state index in [9.17, 15) is 25.3 Å². The largest absolute Gasteiger partial charge is 0.494 e. The van der Waals surface area contributed by atoms with Gasteiger partial charge in [-0.2, -0.15) is 15.3 Å². The number of benzene rings is 3. The van der Waals surface area contributed by atoms with Gasteiger partial charge in [0.05, 0.1) is 67.1 Å². The fourth-order valence-electron chi connectivity index (χ4n) is 7.96. The number of fused-ring (bicyclic) bond motifs is 2. The third kappa shape index (κ3) is 19.0. The Kier molecular flexibility index (Phi) is 21.7. The Morgan fingerprint density at radius 3 is 1.41 bits per heavy atom. The van der Waals surface area contributed by atoms with Crippen molar-refractivity contribution in [1.29, 1.82) is 0 Å². The molecule has 0 spiro atoms. The van der Waals surface area contributed by atoms with Crippen LogP contribution >= 0.6 is 22.3 Å². The van der Waals surface area contributed by atoms with E-state index >= 15 is 0 Å². The minimum atomic E-state index is -3.58. The summed E-state index contributed by atoms with van der Waals surface area (Å²) in [5.41, 5.74) is 11.7. The molecular weight excluding hydrogens is 1150 g/mol. The smallest absolute Gasteiger partial charge is 0.264 e. The molecular formula is C57H63Cl2N11O9S3. The molecule has 4 N–H and O–H groups in total. The summed E-state index contributed by atoms with van der Waals surface area (Å²) in [5.74, 6) is 4.41. The Morgan fingerprint density at radius 1 is 0.537 bits per heavy atom. The molecule has 0 atom stereocenters. The molecule has 0 saturated heterocycles. The van der Waals surface area contributed by atoms with Crippen molar-refractivity contribution >= 4 is 62.3 Å². The van der Waals surface area contributed by atoms with Crippen molar-refractivity contribution in [2.75, 3.05) is 37.9 Å². The second-order valence-corrected chi connectivity index (χ2v) is 26.0. The number of halogens is 2. The number of nitrogens with zero attached hydrogens (tertiary/aromatic N) is 8. The monoisotopic (exact) mass is 1210 g/mol. The van der Waals surface area contributed by atoms with Crippen molar-refractivity contribution in [3.8, 4) is 17.2 Å². The Labute approximate surface area is 485 Å². The molecule has 7 heterocycles. The van der Waals surface area contributed by atoms with Gasteiger partial charge in [0.1, 0.15) is 49.8 Å². The molecule has 7 aromatic heterocycles. The number of rotatable bonds is 21. The first kappa shape index (κ1) is 60.6. The lowest BCUT2D eigenvalue weighted by molar-refractivity contribution is 0.317. The quantitative estimate of drug-likeness (QED) is 0.0343. The van der Waals surface area contributed by atoms with Crippen LogP contribution in [-0.4, -0.2) is 112 Å². The molecule has 0 amide bonds. The highest BCUT2D eigenvalue weighted by molar-refractivity contribution is 8.13. The maximum absolute atomic E-state index is 12.6. The number of aromatic nitrogens is 10. The Bertz CT molecular complexity index is 3860. The Hall–Kier alpha value is -7.54. The first-order chi connectivity index (χ1) is 39.7. The summed E-state index contributed by atoms with van der Waals surface area (Å²) < 4.78 is 91.6. The maximum atomic E-state index is 12.6. The van der Waals surface area contributed by atoms with Gasteiger partial charge in [0.25, 0.3) is 9.05 Å². The number of para-hydroxylation sites is 3. The van der Waals surface area contributed by atoms with Crippen LogP contribution in [0, 0.1) is 0 Å². The predicted molar refractivity (Wildman–Crippen MR) is 314 cm³/mol. The van der Waals surface area contributed by atoms with E-state index in [-0.39, 0.29) is 26.2 Å². The topological polar surface area (TPSA) is 266 Å². The van der Waals surface area contributed by atoms with E-state index in [2.05, 4.69) is 70.5 Å². The lowest BCUT2D eigenvalue weighted by Crippen LogP contribution is -2.10. The molecule has 2 fully saturated rings. The number of ether oxygens (including phenoxy) is 3. The molecule has 2 saturated carbocycles. The van der Waals surface area contributed by atoms with E-state index in [4.69, 9.17) is 42.2 Å². The predicted octanol–water partition coefficient (Wildman–Crippen LogP) is 9.66. The number of nitrogens with one attached hydrogen (secondary N) is 2. The summed E-state index contributed by atoms with van der Waals surface area (Å²) in [7, 11) is -5.32. The molecule has 82 heavy (non-hydrogen) atoms. The maximum Gasteiger partial charge on any atom is 0.264 e. The van der Waals surface area contributed by atoms with Crippen LogP contribution in [0.1, 0.15) is 72.9 Å². The number of sulfone groups is 2. The highest BCUT2D eigenvalue weighted by Gasteiger charge is 2.25. The van der Waals surface area contributed by atoms with Crippen LogP contribution in [0.4, 0.5) is 0 Å². The Balaban J connectivity index is 0.000000146. The SMILES string of the molecule is ClCc1cn2cc(C3CC3)ccc2n1.NCCOc1ccccc1.O=S(=O)(CCCOc1ccccc1)c1cn[nH]c1.O=S(=O)(CCCOc1ccccc1)c1cnn(Cc2cn3cc(C4CC4)ccc3n2)c1.O=S(=O)(Cl)c1cn[nH]c1. The van der Waals surface area contributed by atoms with E-state index in [0.29, 0.717) is 57.5 Å². The second-order valence-electron chi connectivity index (χ2n) is 18.9. The fraction of sp³-hybridized carbons (Fsp3) is 0.281. The number of hydrogen-bond donors (Lipinski definition) is 3. The molecule has 0 aliphatic heterocycles. The van der Waals surface area contributed by atoms with Crippen molar-refractivity contribution in [2.45, 2.75) is 77.5 Å². The third-order valence-electron chi connectivity index (χ3n) is 12.4. The number of nitrogens with two attached hydrogens (primary N) is 1. The third-order valence-corrected chi connectivity index (χ3v) is 17.5. The lowest BCUT2D eigenvalue weighted by Gasteiger charge is -2.05. The highest BCUT2D eigenvalue weighted by Crippen LogP contribution is 2.40. The summed E-state index contributed by atoms with van der Waals surface area (Å²) in [6.45, 7) is 2.30. The van der Waals surface area contributed by atoms with E-state index in [1.165, 1.54) is 61.6 Å². The van der Waals surface area contributed by atoms with E-state index in [0.717, 1.165) is 52.0 Å². The average Bonchev–Trinajstić information content (AvgIpc) is 4.06. The van der Waals surface area contributed by atoms with E-state index < -0.39 is 28.7 Å². The normalized spacial score (nSPS) is 13.1. The molecule has 25 heteroatoms. The summed E-state index contributed by atoms with van der Waals surface area (Å²) in [6.07, 6.45) is 22.4. The van der Waals surface area contributed by atoms with Crippen molar-refractivity contribution in [2.24, 2.45) is 5.73 Å². The van der Waals surface area contributed by atoms with Crippen molar-refractivity contribution in [3.63, 3.8) is 0 Å². The molecule has 2 aliphatic rings. The highest BCUT2D eigenvalue weighted by atomic mass is 35.7. The zero-order valence-corrected chi connectivity index (χ0v) is 48.6. The van der Waals surface area contributed by atoms with Crippen molar-refractivity contribution in [1.82, 2.24) is 48.9 Å². The number of imidazole rings is 2. The van der Waals surface area contributed by atoms with Gasteiger partial charge in [-0.1, -0.05) is 66.7 Å². The van der Waals surface area contributed by atoms with Gasteiger partial charge in [-0.3, -0.25) is 14.9 Å². The molecule has 432 valence electrons. The van der Waals surface area contributed by atoms with Crippen LogP contribution in [0.2, 0.25) is 0 Å². The van der Waals surface area contributed by atoms with Crippen molar-refractivity contribution < 1.29 is 39.5 Å². The molecule has 10 aromatic rings. The number of aromatic amines is 2. The van der Waals surface area contributed by atoms with Crippen molar-refractivity contribution in [3.05, 3.63) is 200 Å². The van der Waals surface area contributed by atoms with Gasteiger partial charge >= 0.3 is 0 Å². The first-order valence-corrected chi connectivity index (χ1v) is 32.5. The standard InChI is InChI=1S/C23H24N4O3S.C12H14N2O3S.C11H11ClN2.C8H11NO.C3H3ClN2O2S/c28-31(29,12-4-11-30-21-5-2-1-3-6-21)22-13-24-27(17-22)16-20-15-26-14-19(18-7-8-18)9-10-23(26)25-20;15-18(16,12-9-13-14-10-12)8-4-7-17-11-5-2-1-3-6-11;12-5-10-7-14-6-9(8-1-2-8)3-4-11(14)13-10;9-6-7-10-8-4-2-1-3-5-8;4-9(7,8)3-1-5-6-2-3/h1-3,5-6,9-10,13-15,17-18H,4,7-8,11-12,16H2;1-3,5-6,9-10H,4,7-8H2,(H,13,14);3-4,6-8H,1-2,5H2;1-5H,6-7,9H2;1-2H,(H,5,6). The fourth-order valence-corrected chi connectivity index (χ4v) is 11.1. The van der Waals surface area contributed by atoms with Crippen LogP contribution in [-0.2, 0) is 41.2 Å². The lowest BCUT2D eigenvalue weighted by atomic mass is 10.2. The number of alkyl halides is 1. The molecule has 2 aliphatic carbocycles. The van der Waals surface area contributed by atoms with Gasteiger partial charge < -0.3 is 28.7 Å². The van der Waals surface area contributed by atoms with E-state index in [1.54, 1.807) is 10.9 Å². The van der Waals surface area contributed by atoms with Gasteiger partial charge in [-0.05, 0) is 110 Å². The van der Waals surface area contributed by atoms with Crippen LogP contribution < -0.4 is 19.9 Å².